The number of benzene rings is 1. The van der Waals surface area contributed by atoms with Crippen molar-refractivity contribution < 1.29 is 19.4 Å². The summed E-state index contributed by atoms with van der Waals surface area (Å²) in [6, 6.07) is 11.6. The fourth-order valence-electron chi connectivity index (χ4n) is 6.26. The molecule has 4 aromatic rings. The fraction of sp³-hybridized carbons (Fsp3) is 0.433. The lowest BCUT2D eigenvalue weighted by atomic mass is 9.79. The second-order valence-electron chi connectivity index (χ2n) is 11.4. The molecule has 2 fully saturated rings. The molecule has 5 heterocycles. The van der Waals surface area contributed by atoms with Crippen molar-refractivity contribution in [3.05, 3.63) is 74.3 Å². The van der Waals surface area contributed by atoms with Crippen LogP contribution in [0.3, 0.4) is 0 Å². The van der Waals surface area contributed by atoms with Gasteiger partial charge >= 0.3 is 0 Å². The highest BCUT2D eigenvalue weighted by Gasteiger charge is 2.42. The first-order valence-corrected chi connectivity index (χ1v) is 15.8. The first kappa shape index (κ1) is 29.5. The summed E-state index contributed by atoms with van der Waals surface area (Å²) in [4.78, 5) is 53.2. The van der Waals surface area contributed by atoms with Crippen molar-refractivity contribution in [2.75, 3.05) is 33.3 Å². The number of rotatable bonds is 6. The van der Waals surface area contributed by atoms with Crippen LogP contribution < -0.4 is 10.3 Å². The van der Waals surface area contributed by atoms with Crippen molar-refractivity contribution in [2.24, 2.45) is 13.0 Å². The van der Waals surface area contributed by atoms with Crippen LogP contribution in [0.1, 0.15) is 40.4 Å². The Hall–Kier alpha value is -3.55. The standard InChI is InChI=1S/C30H33BrN6O5S/c1-34-12-8-21-25(34)32-18-37(27(21)39)17-30(41)10-14-35(15-11-30)26(38)20-9-13-36(16-22(20)19-6-4-3-5-7-19)28(40)23-24(31)33-29(42-2)43-23/h3-8,12,18,20,22,41H,9-11,13-17H2,1-2H3/t20-,22+/m1/s1. The van der Waals surface area contributed by atoms with E-state index in [1.165, 1.54) is 29.3 Å². The summed E-state index contributed by atoms with van der Waals surface area (Å²) < 4.78 is 8.92. The zero-order valence-electron chi connectivity index (χ0n) is 24.0. The monoisotopic (exact) mass is 668 g/mol. The molecular weight excluding hydrogens is 636 g/mol. The van der Waals surface area contributed by atoms with Gasteiger partial charge in [-0.3, -0.25) is 19.0 Å². The third-order valence-electron chi connectivity index (χ3n) is 8.70. The first-order valence-electron chi connectivity index (χ1n) is 14.2. The van der Waals surface area contributed by atoms with E-state index in [9.17, 15) is 19.5 Å². The second kappa shape index (κ2) is 11.9. The van der Waals surface area contributed by atoms with Crippen LogP contribution in [0.25, 0.3) is 11.0 Å². The molecule has 1 N–H and O–H groups in total. The van der Waals surface area contributed by atoms with E-state index in [0.717, 1.165) is 5.56 Å². The zero-order chi connectivity index (χ0) is 30.3. The summed E-state index contributed by atoms with van der Waals surface area (Å²) in [6.07, 6.45) is 4.51. The van der Waals surface area contributed by atoms with Gasteiger partial charge in [-0.1, -0.05) is 41.7 Å². The number of nitrogens with zero attached hydrogens (tertiary/aromatic N) is 6. The van der Waals surface area contributed by atoms with Crippen LogP contribution in [0.2, 0.25) is 0 Å². The SMILES string of the molecule is COc1nc(Br)c(C(=O)N2CC[C@@H](C(=O)N3CCC(O)(Cn4cnc5c(ccn5C)c4=O)CC3)[C@H](c3ccccc3)C2)s1. The van der Waals surface area contributed by atoms with Crippen LogP contribution in [-0.2, 0) is 18.4 Å². The number of hydrogen-bond acceptors (Lipinski definition) is 8. The fourth-order valence-corrected chi connectivity index (χ4v) is 7.69. The minimum absolute atomic E-state index is 0.0354. The van der Waals surface area contributed by atoms with Crippen LogP contribution >= 0.6 is 27.3 Å². The lowest BCUT2D eigenvalue weighted by Gasteiger charge is -2.43. The van der Waals surface area contributed by atoms with Crippen molar-refractivity contribution >= 4 is 50.1 Å². The number of thiazole rings is 1. The largest absolute Gasteiger partial charge is 0.473 e. The molecule has 11 nitrogen and oxygen atoms in total. The summed E-state index contributed by atoms with van der Waals surface area (Å²) in [5, 5.41) is 12.3. The quantitative estimate of drug-likeness (QED) is 0.335. The predicted octanol–water partition coefficient (Wildman–Crippen LogP) is 3.26. The molecule has 2 aliphatic heterocycles. The maximum absolute atomic E-state index is 14.0. The topological polar surface area (TPSA) is 123 Å². The number of amides is 2. The molecule has 43 heavy (non-hydrogen) atoms. The average molecular weight is 670 g/mol. The third kappa shape index (κ3) is 5.73. The molecule has 0 radical (unpaired) electrons. The number of aliphatic hydroxyl groups is 1. The van der Waals surface area contributed by atoms with Gasteiger partial charge in [0.05, 0.1) is 24.6 Å². The average Bonchev–Trinajstić information content (AvgIpc) is 3.60. The van der Waals surface area contributed by atoms with E-state index >= 15 is 0 Å². The summed E-state index contributed by atoms with van der Waals surface area (Å²) in [5.74, 6) is -0.582. The molecule has 6 rings (SSSR count). The number of ether oxygens (including phenoxy) is 1. The summed E-state index contributed by atoms with van der Waals surface area (Å²) >= 11 is 4.58. The van der Waals surface area contributed by atoms with E-state index in [4.69, 9.17) is 4.74 Å². The molecule has 2 saturated heterocycles. The van der Waals surface area contributed by atoms with E-state index in [2.05, 4.69) is 25.9 Å². The van der Waals surface area contributed by atoms with Crippen molar-refractivity contribution in [2.45, 2.75) is 37.3 Å². The van der Waals surface area contributed by atoms with Gasteiger partial charge in [0.1, 0.15) is 21.5 Å². The van der Waals surface area contributed by atoms with Gasteiger partial charge in [0.2, 0.25) is 5.91 Å². The Morgan fingerprint density at radius 2 is 1.88 bits per heavy atom. The molecule has 1 aromatic carbocycles. The molecular formula is C30H33BrN6O5S. The number of carbonyl (C=O) groups excluding carboxylic acids is 2. The lowest BCUT2D eigenvalue weighted by Crippen LogP contribution is -2.53. The maximum atomic E-state index is 14.0. The van der Waals surface area contributed by atoms with E-state index in [-0.39, 0.29) is 35.8 Å². The second-order valence-corrected chi connectivity index (χ2v) is 13.1. The molecule has 0 aliphatic carbocycles. The number of fused-ring (bicyclic) bond motifs is 1. The Morgan fingerprint density at radius 3 is 2.58 bits per heavy atom. The van der Waals surface area contributed by atoms with Gasteiger partial charge in [-0.05, 0) is 46.8 Å². The van der Waals surface area contributed by atoms with Gasteiger partial charge in [0.15, 0.2) is 0 Å². The van der Waals surface area contributed by atoms with Crippen LogP contribution in [0.5, 0.6) is 5.19 Å². The molecule has 0 spiro atoms. The van der Waals surface area contributed by atoms with E-state index in [1.54, 1.807) is 21.7 Å². The van der Waals surface area contributed by atoms with Crippen molar-refractivity contribution in [1.82, 2.24) is 28.9 Å². The molecule has 3 aromatic heterocycles. The Kier molecular flexibility index (Phi) is 8.14. The number of aromatic nitrogens is 4. The van der Waals surface area contributed by atoms with E-state index < -0.39 is 5.60 Å². The van der Waals surface area contributed by atoms with Gasteiger partial charge in [-0.2, -0.15) is 4.98 Å². The minimum atomic E-state index is -1.12. The van der Waals surface area contributed by atoms with Crippen molar-refractivity contribution in [3.63, 3.8) is 0 Å². The van der Waals surface area contributed by atoms with E-state index in [0.29, 0.717) is 71.1 Å². The molecule has 226 valence electrons. The van der Waals surface area contributed by atoms with Gasteiger partial charge in [-0.25, -0.2) is 4.98 Å². The molecule has 2 atom stereocenters. The van der Waals surface area contributed by atoms with Crippen LogP contribution in [0.4, 0.5) is 0 Å². The molecule has 0 bridgehead atoms. The number of piperidine rings is 2. The summed E-state index contributed by atoms with van der Waals surface area (Å²) in [5.41, 5.74) is 0.306. The number of halogens is 1. The molecule has 0 unspecified atom stereocenters. The highest BCUT2D eigenvalue weighted by molar-refractivity contribution is 9.10. The normalized spacial score (nSPS) is 20.4. The third-order valence-corrected chi connectivity index (χ3v) is 10.5. The Labute approximate surface area is 260 Å². The Morgan fingerprint density at radius 1 is 1.14 bits per heavy atom. The van der Waals surface area contributed by atoms with Gasteiger partial charge in [-0.15, -0.1) is 0 Å². The maximum Gasteiger partial charge on any atom is 0.274 e. The Balaban J connectivity index is 1.15. The highest BCUT2D eigenvalue weighted by atomic mass is 79.9. The number of carbonyl (C=O) groups is 2. The van der Waals surface area contributed by atoms with Gasteiger partial charge in [0.25, 0.3) is 16.7 Å². The van der Waals surface area contributed by atoms with Gasteiger partial charge < -0.3 is 24.2 Å². The smallest absolute Gasteiger partial charge is 0.274 e. The summed E-state index contributed by atoms with van der Waals surface area (Å²) in [6.45, 7) is 1.75. The van der Waals surface area contributed by atoms with Crippen molar-refractivity contribution in [3.8, 4) is 5.19 Å². The zero-order valence-corrected chi connectivity index (χ0v) is 26.4. The minimum Gasteiger partial charge on any atom is -0.473 e. The summed E-state index contributed by atoms with van der Waals surface area (Å²) in [7, 11) is 3.35. The first-order chi connectivity index (χ1) is 20.7. The number of methoxy groups -OCH3 is 1. The number of aryl methyl sites for hydroxylation is 1. The Bertz CT molecular complexity index is 1710. The van der Waals surface area contributed by atoms with Crippen LogP contribution in [-0.4, -0.2) is 84.7 Å². The van der Waals surface area contributed by atoms with Crippen LogP contribution in [0.15, 0.2) is 58.3 Å². The number of hydrogen-bond donors (Lipinski definition) is 1. The van der Waals surface area contributed by atoms with E-state index in [1.807, 2.05) is 42.3 Å². The predicted molar refractivity (Wildman–Crippen MR) is 165 cm³/mol. The van der Waals surface area contributed by atoms with Crippen LogP contribution in [0, 0.1) is 5.92 Å². The van der Waals surface area contributed by atoms with Crippen molar-refractivity contribution in [1.29, 1.82) is 0 Å². The highest BCUT2D eigenvalue weighted by Crippen LogP contribution is 2.37. The molecule has 2 aliphatic rings. The molecule has 0 saturated carbocycles. The molecule has 2 amide bonds. The van der Waals surface area contributed by atoms with Gasteiger partial charge in [0, 0.05) is 51.3 Å². The lowest BCUT2D eigenvalue weighted by molar-refractivity contribution is -0.142. The number of likely N-dealkylation sites (tertiary alicyclic amines) is 2. The molecule has 13 heteroatoms.